The number of amides is 2. The molecule has 0 aliphatic heterocycles. The van der Waals surface area contributed by atoms with Gasteiger partial charge in [0, 0.05) is 31.4 Å². The van der Waals surface area contributed by atoms with Crippen LogP contribution in [-0.2, 0) is 18.4 Å². The molecule has 0 radical (unpaired) electrons. The number of tetrazole rings is 1. The minimum absolute atomic E-state index is 0.171. The highest BCUT2D eigenvalue weighted by atomic mass is 32.2. The van der Waals surface area contributed by atoms with E-state index in [9.17, 15) is 9.59 Å². The summed E-state index contributed by atoms with van der Waals surface area (Å²) in [6.07, 6.45) is 0. The number of aryl methyl sites for hydroxylation is 2. The van der Waals surface area contributed by atoms with E-state index in [4.69, 9.17) is 0 Å². The number of nitrogens with one attached hydrogen (secondary N) is 2. The lowest BCUT2D eigenvalue weighted by Crippen LogP contribution is -2.27. The molecule has 2 amide bonds. The molecule has 164 valence electrons. The Morgan fingerprint density at radius 1 is 1.09 bits per heavy atom. The van der Waals surface area contributed by atoms with Gasteiger partial charge in [-0.25, -0.2) is 9.67 Å². The third kappa shape index (κ3) is 4.94. The van der Waals surface area contributed by atoms with E-state index in [0.29, 0.717) is 29.5 Å². The number of aromatic nitrogens is 6. The maximum atomic E-state index is 12.5. The number of para-hydroxylation sites is 2. The first-order valence-electron chi connectivity index (χ1n) is 9.96. The van der Waals surface area contributed by atoms with Crippen LogP contribution in [0, 0.1) is 6.92 Å². The predicted octanol–water partition coefficient (Wildman–Crippen LogP) is 2.03. The Kier molecular flexibility index (Phi) is 6.45. The zero-order chi connectivity index (χ0) is 22.5. The predicted molar refractivity (Wildman–Crippen MR) is 121 cm³/mol. The van der Waals surface area contributed by atoms with Crippen LogP contribution < -0.4 is 10.6 Å². The summed E-state index contributed by atoms with van der Waals surface area (Å²) < 4.78 is 3.59. The Labute approximate surface area is 188 Å². The van der Waals surface area contributed by atoms with E-state index in [0.717, 1.165) is 16.9 Å². The molecular weight excluding hydrogens is 428 g/mol. The molecule has 0 saturated carbocycles. The fraction of sp³-hybridized carbons (Fsp3) is 0.238. The second-order valence-electron chi connectivity index (χ2n) is 7.05. The fourth-order valence-electron chi connectivity index (χ4n) is 3.24. The maximum Gasteiger partial charge on any atom is 0.251 e. The monoisotopic (exact) mass is 450 g/mol. The molecule has 0 unspecified atom stereocenters. The van der Waals surface area contributed by atoms with Crippen molar-refractivity contribution < 1.29 is 9.59 Å². The zero-order valence-corrected chi connectivity index (χ0v) is 18.5. The van der Waals surface area contributed by atoms with Crippen molar-refractivity contribution in [1.82, 2.24) is 35.1 Å². The summed E-state index contributed by atoms with van der Waals surface area (Å²) in [6, 6.07) is 14.7. The largest absolute Gasteiger partial charge is 0.350 e. The Hall–Kier alpha value is -3.73. The van der Waals surface area contributed by atoms with Crippen molar-refractivity contribution in [2.45, 2.75) is 18.6 Å². The van der Waals surface area contributed by atoms with Crippen LogP contribution in [0.4, 0.5) is 5.69 Å². The molecule has 0 aliphatic carbocycles. The second kappa shape index (κ2) is 9.60. The molecule has 0 fully saturated rings. The minimum atomic E-state index is -0.182. The van der Waals surface area contributed by atoms with Crippen molar-refractivity contribution in [2.75, 3.05) is 17.6 Å². The SMILES string of the molecule is Cc1nc2ccccc2n1CCNC(=O)c1ccc(NC(=O)CSc2nnnn2C)cc1. The molecule has 0 bridgehead atoms. The van der Waals surface area contributed by atoms with Crippen molar-refractivity contribution in [2.24, 2.45) is 7.05 Å². The summed E-state index contributed by atoms with van der Waals surface area (Å²) in [4.78, 5) is 29.1. The number of carbonyl (C=O) groups excluding carboxylic acids is 2. The quantitative estimate of drug-likeness (QED) is 0.394. The average Bonchev–Trinajstić information content (AvgIpc) is 3.34. The van der Waals surface area contributed by atoms with E-state index in [1.165, 1.54) is 16.4 Å². The zero-order valence-electron chi connectivity index (χ0n) is 17.6. The van der Waals surface area contributed by atoms with Gasteiger partial charge in [0.15, 0.2) is 0 Å². The van der Waals surface area contributed by atoms with Gasteiger partial charge in [0.05, 0.1) is 16.8 Å². The van der Waals surface area contributed by atoms with Crippen molar-refractivity contribution in [1.29, 1.82) is 0 Å². The number of hydrogen-bond acceptors (Lipinski definition) is 7. The first kappa shape index (κ1) is 21.5. The lowest BCUT2D eigenvalue weighted by atomic mass is 10.2. The number of benzene rings is 2. The van der Waals surface area contributed by atoms with Crippen LogP contribution in [0.5, 0.6) is 0 Å². The number of fused-ring (bicyclic) bond motifs is 1. The number of hydrogen-bond donors (Lipinski definition) is 2. The first-order valence-corrected chi connectivity index (χ1v) is 10.9. The Morgan fingerprint density at radius 3 is 2.62 bits per heavy atom. The molecule has 2 N–H and O–H groups in total. The number of carbonyl (C=O) groups is 2. The molecule has 10 nitrogen and oxygen atoms in total. The second-order valence-corrected chi connectivity index (χ2v) is 8.00. The normalized spacial score (nSPS) is 10.9. The lowest BCUT2D eigenvalue weighted by molar-refractivity contribution is -0.113. The highest BCUT2D eigenvalue weighted by Gasteiger charge is 2.10. The van der Waals surface area contributed by atoms with E-state index < -0.39 is 0 Å². The van der Waals surface area contributed by atoms with Crippen molar-refractivity contribution in [3.05, 3.63) is 59.9 Å². The molecule has 4 rings (SSSR count). The smallest absolute Gasteiger partial charge is 0.251 e. The summed E-state index contributed by atoms with van der Waals surface area (Å²) in [7, 11) is 1.71. The number of thioether (sulfide) groups is 1. The number of anilines is 1. The van der Waals surface area contributed by atoms with Crippen LogP contribution in [0.2, 0.25) is 0 Å². The molecule has 0 atom stereocenters. The molecule has 0 spiro atoms. The summed E-state index contributed by atoms with van der Waals surface area (Å²) in [5, 5.41) is 17.4. The van der Waals surface area contributed by atoms with Crippen LogP contribution >= 0.6 is 11.8 Å². The van der Waals surface area contributed by atoms with Gasteiger partial charge in [0.2, 0.25) is 11.1 Å². The summed E-state index contributed by atoms with van der Waals surface area (Å²) in [5.74, 6) is 0.737. The van der Waals surface area contributed by atoms with Crippen LogP contribution in [0.25, 0.3) is 11.0 Å². The van der Waals surface area contributed by atoms with E-state index in [1.807, 2.05) is 31.2 Å². The molecule has 32 heavy (non-hydrogen) atoms. The van der Waals surface area contributed by atoms with E-state index in [2.05, 4.69) is 35.7 Å². The highest BCUT2D eigenvalue weighted by molar-refractivity contribution is 7.99. The number of rotatable bonds is 8. The van der Waals surface area contributed by atoms with Crippen LogP contribution in [0.1, 0.15) is 16.2 Å². The van der Waals surface area contributed by atoms with Gasteiger partial charge in [-0.1, -0.05) is 23.9 Å². The molecule has 0 aliphatic rings. The van der Waals surface area contributed by atoms with Crippen LogP contribution in [-0.4, -0.2) is 53.9 Å². The molecule has 11 heteroatoms. The molecular formula is C21H22N8O2S. The molecule has 2 aromatic carbocycles. The Bertz CT molecular complexity index is 1250. The fourth-order valence-corrected chi connectivity index (χ4v) is 3.89. The number of imidazole rings is 1. The maximum absolute atomic E-state index is 12.5. The van der Waals surface area contributed by atoms with Gasteiger partial charge in [-0.3, -0.25) is 9.59 Å². The minimum Gasteiger partial charge on any atom is -0.350 e. The van der Waals surface area contributed by atoms with Crippen molar-refractivity contribution >= 4 is 40.3 Å². The van der Waals surface area contributed by atoms with Crippen LogP contribution in [0.15, 0.2) is 53.7 Å². The van der Waals surface area contributed by atoms with Crippen molar-refractivity contribution in [3.8, 4) is 0 Å². The van der Waals surface area contributed by atoms with Gasteiger partial charge >= 0.3 is 0 Å². The molecule has 2 aromatic heterocycles. The third-order valence-corrected chi connectivity index (χ3v) is 5.82. The van der Waals surface area contributed by atoms with Gasteiger partial charge in [0.25, 0.3) is 5.91 Å². The first-order chi connectivity index (χ1) is 15.5. The van der Waals surface area contributed by atoms with Crippen molar-refractivity contribution in [3.63, 3.8) is 0 Å². The summed E-state index contributed by atoms with van der Waals surface area (Å²) in [5.41, 5.74) is 3.13. The topological polar surface area (TPSA) is 120 Å². The van der Waals surface area contributed by atoms with Gasteiger partial charge < -0.3 is 15.2 Å². The van der Waals surface area contributed by atoms with Gasteiger partial charge in [0.1, 0.15) is 5.82 Å². The Morgan fingerprint density at radius 2 is 1.88 bits per heavy atom. The summed E-state index contributed by atoms with van der Waals surface area (Å²) in [6.45, 7) is 3.06. The van der Waals surface area contributed by atoms with Crippen LogP contribution in [0.3, 0.4) is 0 Å². The van der Waals surface area contributed by atoms with E-state index in [1.54, 1.807) is 31.3 Å². The lowest BCUT2D eigenvalue weighted by Gasteiger charge is -2.09. The molecule has 2 heterocycles. The Balaban J connectivity index is 1.27. The highest BCUT2D eigenvalue weighted by Crippen LogP contribution is 2.16. The van der Waals surface area contributed by atoms with E-state index in [-0.39, 0.29) is 17.6 Å². The van der Waals surface area contributed by atoms with Gasteiger partial charge in [-0.05, 0) is 53.7 Å². The average molecular weight is 451 g/mol. The molecule has 0 saturated heterocycles. The third-order valence-electron chi connectivity index (χ3n) is 4.81. The number of nitrogens with zero attached hydrogens (tertiary/aromatic N) is 6. The standard InChI is InChI=1S/C21H22N8O2S/c1-14-23-17-5-3-4-6-18(17)29(14)12-11-22-20(31)15-7-9-16(10-8-15)24-19(30)13-32-21-25-26-27-28(21)2/h3-10H,11-13H2,1-2H3,(H,22,31)(H,24,30). The summed E-state index contributed by atoms with van der Waals surface area (Å²) >= 11 is 1.24. The van der Waals surface area contributed by atoms with E-state index >= 15 is 0 Å². The molecule has 4 aromatic rings. The van der Waals surface area contributed by atoms with Gasteiger partial charge in [-0.15, -0.1) is 5.10 Å². The van der Waals surface area contributed by atoms with Gasteiger partial charge in [-0.2, -0.15) is 0 Å².